The molecule has 1 aliphatic heterocycles. The molecule has 0 aliphatic carbocycles. The van der Waals surface area contributed by atoms with E-state index in [-0.39, 0.29) is 18.2 Å². The van der Waals surface area contributed by atoms with Crippen molar-refractivity contribution in [2.45, 2.75) is 12.5 Å². The second-order valence-corrected chi connectivity index (χ2v) is 7.70. The van der Waals surface area contributed by atoms with Gasteiger partial charge in [-0.05, 0) is 42.0 Å². The van der Waals surface area contributed by atoms with Gasteiger partial charge in [-0.2, -0.15) is 0 Å². The number of rotatable bonds is 7. The van der Waals surface area contributed by atoms with Crippen molar-refractivity contribution < 1.29 is 14.3 Å². The standard InChI is InChI=1S/C26H27N3O3/c30-25(27-22-11-13-23(14-12-22)29-15-17-32-18-16-29)19-24(20-7-3-1-4-8-20)28-26(31)21-9-5-2-6-10-21/h1-14,24H,15-19H2,(H,27,30)(H,28,31). The molecule has 32 heavy (non-hydrogen) atoms. The number of hydrogen-bond acceptors (Lipinski definition) is 4. The van der Waals surface area contributed by atoms with Gasteiger partial charge in [-0.25, -0.2) is 0 Å². The number of ether oxygens (including phenoxy) is 1. The third kappa shape index (κ3) is 5.74. The summed E-state index contributed by atoms with van der Waals surface area (Å²) in [5, 5.41) is 5.95. The minimum absolute atomic E-state index is 0.133. The van der Waals surface area contributed by atoms with Crippen molar-refractivity contribution in [3.63, 3.8) is 0 Å². The Bertz CT molecular complexity index is 1020. The zero-order valence-electron chi connectivity index (χ0n) is 17.9. The third-order valence-electron chi connectivity index (χ3n) is 5.46. The highest BCUT2D eigenvalue weighted by atomic mass is 16.5. The van der Waals surface area contributed by atoms with Crippen LogP contribution in [-0.2, 0) is 9.53 Å². The zero-order valence-corrected chi connectivity index (χ0v) is 17.9. The van der Waals surface area contributed by atoms with Crippen molar-refractivity contribution in [1.82, 2.24) is 5.32 Å². The lowest BCUT2D eigenvalue weighted by atomic mass is 10.0. The first-order valence-corrected chi connectivity index (χ1v) is 10.8. The number of carbonyl (C=O) groups excluding carboxylic acids is 2. The van der Waals surface area contributed by atoms with E-state index in [1.54, 1.807) is 12.1 Å². The quantitative estimate of drug-likeness (QED) is 0.595. The highest BCUT2D eigenvalue weighted by molar-refractivity contribution is 5.95. The van der Waals surface area contributed by atoms with E-state index in [0.717, 1.165) is 43.2 Å². The Labute approximate surface area is 188 Å². The first-order valence-electron chi connectivity index (χ1n) is 10.8. The fourth-order valence-corrected chi connectivity index (χ4v) is 3.74. The van der Waals surface area contributed by atoms with E-state index in [0.29, 0.717) is 5.56 Å². The summed E-state index contributed by atoms with van der Waals surface area (Å²) in [6.07, 6.45) is 0.133. The average Bonchev–Trinajstić information content (AvgIpc) is 2.85. The Kier molecular flexibility index (Phi) is 7.15. The Morgan fingerprint density at radius 1 is 0.844 bits per heavy atom. The molecule has 2 amide bonds. The smallest absolute Gasteiger partial charge is 0.251 e. The van der Waals surface area contributed by atoms with Gasteiger partial charge in [0.05, 0.1) is 25.7 Å². The lowest BCUT2D eigenvalue weighted by Crippen LogP contribution is -2.36. The predicted molar refractivity (Wildman–Crippen MR) is 126 cm³/mol. The van der Waals surface area contributed by atoms with Gasteiger partial charge in [-0.1, -0.05) is 48.5 Å². The summed E-state index contributed by atoms with van der Waals surface area (Å²) in [7, 11) is 0. The summed E-state index contributed by atoms with van der Waals surface area (Å²) in [5.74, 6) is -0.367. The van der Waals surface area contributed by atoms with Crippen LogP contribution in [0.5, 0.6) is 0 Å². The van der Waals surface area contributed by atoms with Crippen molar-refractivity contribution in [3.8, 4) is 0 Å². The third-order valence-corrected chi connectivity index (χ3v) is 5.46. The molecule has 1 fully saturated rings. The highest BCUT2D eigenvalue weighted by Crippen LogP contribution is 2.21. The first-order chi connectivity index (χ1) is 15.7. The SMILES string of the molecule is O=C(CC(NC(=O)c1ccccc1)c1ccccc1)Nc1ccc(N2CCOCC2)cc1. The van der Waals surface area contributed by atoms with Crippen LogP contribution in [0, 0.1) is 0 Å². The van der Waals surface area contributed by atoms with Crippen LogP contribution in [0.4, 0.5) is 11.4 Å². The minimum Gasteiger partial charge on any atom is -0.378 e. The Morgan fingerprint density at radius 2 is 1.47 bits per heavy atom. The molecule has 0 spiro atoms. The van der Waals surface area contributed by atoms with Gasteiger partial charge in [0, 0.05) is 30.0 Å². The van der Waals surface area contributed by atoms with Crippen LogP contribution >= 0.6 is 0 Å². The molecule has 3 aromatic carbocycles. The second-order valence-electron chi connectivity index (χ2n) is 7.70. The van der Waals surface area contributed by atoms with E-state index < -0.39 is 6.04 Å². The molecule has 0 saturated carbocycles. The van der Waals surface area contributed by atoms with Gasteiger partial charge in [0.25, 0.3) is 5.91 Å². The van der Waals surface area contributed by atoms with E-state index in [4.69, 9.17) is 4.74 Å². The van der Waals surface area contributed by atoms with Crippen molar-refractivity contribution in [2.75, 3.05) is 36.5 Å². The fraction of sp³-hybridized carbons (Fsp3) is 0.231. The molecule has 0 radical (unpaired) electrons. The highest BCUT2D eigenvalue weighted by Gasteiger charge is 2.19. The lowest BCUT2D eigenvalue weighted by Gasteiger charge is -2.28. The summed E-state index contributed by atoms with van der Waals surface area (Å²) in [6.45, 7) is 3.19. The molecule has 0 bridgehead atoms. The molecule has 1 saturated heterocycles. The number of nitrogens with zero attached hydrogens (tertiary/aromatic N) is 1. The molecule has 1 aliphatic rings. The number of hydrogen-bond donors (Lipinski definition) is 2. The van der Waals surface area contributed by atoms with Crippen LogP contribution < -0.4 is 15.5 Å². The minimum atomic E-state index is -0.434. The Balaban J connectivity index is 1.41. The number of carbonyl (C=O) groups is 2. The van der Waals surface area contributed by atoms with Crippen LogP contribution in [0.1, 0.15) is 28.4 Å². The van der Waals surface area contributed by atoms with E-state index >= 15 is 0 Å². The van der Waals surface area contributed by atoms with Gasteiger partial charge < -0.3 is 20.3 Å². The van der Waals surface area contributed by atoms with Gasteiger partial charge in [0.2, 0.25) is 5.91 Å². The molecular weight excluding hydrogens is 402 g/mol. The fourth-order valence-electron chi connectivity index (χ4n) is 3.74. The van der Waals surface area contributed by atoms with E-state index in [9.17, 15) is 9.59 Å². The van der Waals surface area contributed by atoms with Crippen LogP contribution in [0.2, 0.25) is 0 Å². The van der Waals surface area contributed by atoms with Gasteiger partial charge in [-0.15, -0.1) is 0 Å². The molecule has 1 unspecified atom stereocenters. The van der Waals surface area contributed by atoms with Crippen LogP contribution in [0.15, 0.2) is 84.9 Å². The molecule has 6 heteroatoms. The van der Waals surface area contributed by atoms with Gasteiger partial charge in [0.1, 0.15) is 0 Å². The summed E-state index contributed by atoms with van der Waals surface area (Å²) in [6, 6.07) is 26.0. The normalized spacial score (nSPS) is 14.4. The largest absolute Gasteiger partial charge is 0.378 e. The number of morpholine rings is 1. The number of amides is 2. The van der Waals surface area contributed by atoms with Gasteiger partial charge in [0.15, 0.2) is 0 Å². The first kappa shape index (κ1) is 21.6. The molecule has 1 heterocycles. The molecule has 3 aromatic rings. The predicted octanol–water partition coefficient (Wildman–Crippen LogP) is 4.02. The van der Waals surface area contributed by atoms with Crippen LogP contribution in [-0.4, -0.2) is 38.1 Å². The van der Waals surface area contributed by atoms with E-state index in [1.807, 2.05) is 72.8 Å². The molecule has 1 atom stereocenters. The summed E-state index contributed by atoms with van der Waals surface area (Å²) < 4.78 is 5.40. The second kappa shape index (κ2) is 10.6. The van der Waals surface area contributed by atoms with Crippen molar-refractivity contribution in [3.05, 3.63) is 96.1 Å². The molecule has 6 nitrogen and oxygen atoms in total. The number of anilines is 2. The maximum absolute atomic E-state index is 12.8. The summed E-state index contributed by atoms with van der Waals surface area (Å²) >= 11 is 0. The van der Waals surface area contributed by atoms with Crippen molar-refractivity contribution >= 4 is 23.2 Å². The molecular formula is C26H27N3O3. The molecule has 0 aromatic heterocycles. The summed E-state index contributed by atoms with van der Waals surface area (Å²) in [4.78, 5) is 27.8. The monoisotopic (exact) mass is 429 g/mol. The van der Waals surface area contributed by atoms with Crippen LogP contribution in [0.3, 0.4) is 0 Å². The zero-order chi connectivity index (χ0) is 22.2. The number of benzene rings is 3. The molecule has 2 N–H and O–H groups in total. The Hall–Kier alpha value is -3.64. The van der Waals surface area contributed by atoms with Crippen molar-refractivity contribution in [1.29, 1.82) is 0 Å². The molecule has 164 valence electrons. The van der Waals surface area contributed by atoms with E-state index in [1.165, 1.54) is 0 Å². The average molecular weight is 430 g/mol. The van der Waals surface area contributed by atoms with Gasteiger partial charge in [-0.3, -0.25) is 9.59 Å². The maximum atomic E-state index is 12.8. The Morgan fingerprint density at radius 3 is 2.12 bits per heavy atom. The number of nitrogens with one attached hydrogen (secondary N) is 2. The topological polar surface area (TPSA) is 70.7 Å². The van der Waals surface area contributed by atoms with Crippen molar-refractivity contribution in [2.24, 2.45) is 0 Å². The summed E-state index contributed by atoms with van der Waals surface area (Å²) in [5.41, 5.74) is 3.29. The molecule has 4 rings (SSSR count). The van der Waals surface area contributed by atoms with Crippen LogP contribution in [0.25, 0.3) is 0 Å². The maximum Gasteiger partial charge on any atom is 0.251 e. The van der Waals surface area contributed by atoms with Gasteiger partial charge >= 0.3 is 0 Å². The lowest BCUT2D eigenvalue weighted by molar-refractivity contribution is -0.116. The van der Waals surface area contributed by atoms with E-state index in [2.05, 4.69) is 15.5 Å².